The van der Waals surface area contributed by atoms with Gasteiger partial charge in [-0.25, -0.2) is 4.79 Å². The van der Waals surface area contributed by atoms with E-state index in [0.29, 0.717) is 0 Å². The quantitative estimate of drug-likeness (QED) is 0.482. The number of aryl methyl sites for hydroxylation is 1. The van der Waals surface area contributed by atoms with Gasteiger partial charge in [0.15, 0.2) is 5.11 Å². The first-order valence-electron chi connectivity index (χ1n) is 8.08. The molecule has 2 amide bonds. The number of carbonyl (C=O) groups excluding carboxylic acids is 2. The molecule has 0 saturated carbocycles. The van der Waals surface area contributed by atoms with Crippen LogP contribution in [-0.2, 0) is 16.6 Å². The monoisotopic (exact) mass is 383 g/mol. The van der Waals surface area contributed by atoms with Gasteiger partial charge in [0.1, 0.15) is 5.57 Å². The molecule has 138 valence electrons. The molecule has 0 bridgehead atoms. The summed E-state index contributed by atoms with van der Waals surface area (Å²) < 4.78 is 1.95. The van der Waals surface area contributed by atoms with E-state index in [-0.39, 0.29) is 21.9 Å². The summed E-state index contributed by atoms with van der Waals surface area (Å²) in [5, 5.41) is 11.6. The third-order valence-corrected chi connectivity index (χ3v) is 4.85. The topological polar surface area (TPSA) is 91.6 Å². The Morgan fingerprint density at radius 3 is 2.52 bits per heavy atom. The lowest BCUT2D eigenvalue weighted by molar-refractivity contribution is -0.122. The third-order valence-electron chi connectivity index (χ3n) is 4.57. The van der Waals surface area contributed by atoms with Gasteiger partial charge in [-0.3, -0.25) is 19.8 Å². The Labute approximate surface area is 160 Å². The minimum atomic E-state index is -1.12. The first kappa shape index (κ1) is 18.5. The number of hydrogen-bond donors (Lipinski definition) is 2. The van der Waals surface area contributed by atoms with Crippen LogP contribution in [0.25, 0.3) is 6.08 Å². The largest absolute Gasteiger partial charge is 0.478 e. The SMILES string of the molecule is Cc1cc(C=C2C(=O)NC(=S)N(c3cccc(C(=O)O)c3)C2=O)c(C)n1C. The zero-order valence-corrected chi connectivity index (χ0v) is 15.8. The highest BCUT2D eigenvalue weighted by atomic mass is 32.1. The fourth-order valence-corrected chi connectivity index (χ4v) is 3.14. The second-order valence-electron chi connectivity index (χ2n) is 6.20. The van der Waals surface area contributed by atoms with Gasteiger partial charge in [-0.2, -0.15) is 0 Å². The van der Waals surface area contributed by atoms with E-state index in [0.717, 1.165) is 21.9 Å². The van der Waals surface area contributed by atoms with Crippen molar-refractivity contribution in [1.82, 2.24) is 9.88 Å². The number of carbonyl (C=O) groups is 3. The molecular formula is C19H17N3O4S. The van der Waals surface area contributed by atoms with Crippen LogP contribution in [0.3, 0.4) is 0 Å². The molecule has 1 aliphatic heterocycles. The smallest absolute Gasteiger partial charge is 0.335 e. The van der Waals surface area contributed by atoms with Gasteiger partial charge < -0.3 is 9.67 Å². The lowest BCUT2D eigenvalue weighted by Crippen LogP contribution is -2.54. The molecular weight excluding hydrogens is 366 g/mol. The number of carboxylic acids is 1. The summed E-state index contributed by atoms with van der Waals surface area (Å²) in [7, 11) is 1.90. The van der Waals surface area contributed by atoms with Gasteiger partial charge in [0.25, 0.3) is 11.8 Å². The molecule has 0 atom stereocenters. The number of nitrogens with one attached hydrogen (secondary N) is 1. The lowest BCUT2D eigenvalue weighted by atomic mass is 10.1. The predicted octanol–water partition coefficient (Wildman–Crippen LogP) is 2.17. The standard InChI is InChI=1S/C19H17N3O4S/c1-10-7-13(11(2)21(10)3)9-15-16(23)20-19(27)22(17(15)24)14-6-4-5-12(8-14)18(25)26/h4-9H,1-3H3,(H,25,26)(H,20,23,27). The first-order valence-corrected chi connectivity index (χ1v) is 8.49. The van der Waals surface area contributed by atoms with E-state index < -0.39 is 17.8 Å². The van der Waals surface area contributed by atoms with Crippen molar-refractivity contribution in [3.63, 3.8) is 0 Å². The number of aromatic nitrogens is 1. The molecule has 1 saturated heterocycles. The Kier molecular flexibility index (Phi) is 4.67. The number of benzene rings is 1. The van der Waals surface area contributed by atoms with Crippen LogP contribution in [0.5, 0.6) is 0 Å². The summed E-state index contributed by atoms with van der Waals surface area (Å²) in [5.41, 5.74) is 2.87. The Balaban J connectivity index is 2.06. The zero-order chi connectivity index (χ0) is 19.9. The number of nitrogens with zero attached hydrogens (tertiary/aromatic N) is 2. The van der Waals surface area contributed by atoms with Crippen molar-refractivity contribution in [2.45, 2.75) is 13.8 Å². The molecule has 0 unspecified atom stereocenters. The van der Waals surface area contributed by atoms with Gasteiger partial charge >= 0.3 is 5.97 Å². The van der Waals surface area contributed by atoms with Crippen molar-refractivity contribution in [2.75, 3.05) is 4.90 Å². The summed E-state index contributed by atoms with van der Waals surface area (Å²) in [6, 6.07) is 7.70. The molecule has 1 aromatic heterocycles. The fourth-order valence-electron chi connectivity index (χ4n) is 2.86. The molecule has 2 N–H and O–H groups in total. The van der Waals surface area contributed by atoms with Gasteiger partial charge in [-0.05, 0) is 62.0 Å². The Morgan fingerprint density at radius 1 is 1.22 bits per heavy atom. The molecule has 0 spiro atoms. The molecule has 27 heavy (non-hydrogen) atoms. The highest BCUT2D eigenvalue weighted by molar-refractivity contribution is 7.80. The fraction of sp³-hybridized carbons (Fsp3) is 0.158. The maximum Gasteiger partial charge on any atom is 0.335 e. The average molecular weight is 383 g/mol. The number of anilines is 1. The maximum absolute atomic E-state index is 13.0. The molecule has 2 heterocycles. The van der Waals surface area contributed by atoms with Crippen molar-refractivity contribution in [1.29, 1.82) is 0 Å². The molecule has 7 nitrogen and oxygen atoms in total. The molecule has 8 heteroatoms. The maximum atomic E-state index is 13.0. The van der Waals surface area contributed by atoms with Crippen LogP contribution in [0.2, 0.25) is 0 Å². The molecule has 1 aromatic carbocycles. The summed E-state index contributed by atoms with van der Waals surface area (Å²) in [4.78, 5) is 37.7. The van der Waals surface area contributed by atoms with Crippen molar-refractivity contribution in [3.8, 4) is 0 Å². The van der Waals surface area contributed by atoms with Crippen LogP contribution in [0, 0.1) is 13.8 Å². The van der Waals surface area contributed by atoms with E-state index in [4.69, 9.17) is 17.3 Å². The second-order valence-corrected chi connectivity index (χ2v) is 6.59. The van der Waals surface area contributed by atoms with Crippen LogP contribution >= 0.6 is 12.2 Å². The summed E-state index contributed by atoms with van der Waals surface area (Å²) in [6.45, 7) is 3.82. The zero-order valence-electron chi connectivity index (χ0n) is 14.9. The average Bonchev–Trinajstić information content (AvgIpc) is 2.85. The van der Waals surface area contributed by atoms with Crippen LogP contribution < -0.4 is 10.2 Å². The minimum Gasteiger partial charge on any atom is -0.478 e. The number of carboxylic acid groups (broad SMARTS) is 1. The summed E-state index contributed by atoms with van der Waals surface area (Å²) in [5.74, 6) is -2.31. The molecule has 1 fully saturated rings. The van der Waals surface area contributed by atoms with E-state index >= 15 is 0 Å². The minimum absolute atomic E-state index is 0.0139. The predicted molar refractivity (Wildman–Crippen MR) is 104 cm³/mol. The van der Waals surface area contributed by atoms with E-state index in [1.807, 2.05) is 31.5 Å². The van der Waals surface area contributed by atoms with Crippen LogP contribution in [0.4, 0.5) is 5.69 Å². The molecule has 2 aromatic rings. The summed E-state index contributed by atoms with van der Waals surface area (Å²) >= 11 is 5.13. The van der Waals surface area contributed by atoms with Gasteiger partial charge in [-0.1, -0.05) is 6.07 Å². The number of hydrogen-bond acceptors (Lipinski definition) is 4. The molecule has 0 aliphatic carbocycles. The van der Waals surface area contributed by atoms with Crippen molar-refractivity contribution >= 4 is 46.9 Å². The Hall–Kier alpha value is -3.26. The van der Waals surface area contributed by atoms with Crippen molar-refractivity contribution < 1.29 is 19.5 Å². The van der Waals surface area contributed by atoms with Crippen molar-refractivity contribution in [3.05, 3.63) is 58.4 Å². The van der Waals surface area contributed by atoms with Gasteiger partial charge in [-0.15, -0.1) is 0 Å². The van der Waals surface area contributed by atoms with Crippen LogP contribution in [-0.4, -0.2) is 32.6 Å². The van der Waals surface area contributed by atoms with Crippen molar-refractivity contribution in [2.24, 2.45) is 7.05 Å². The Morgan fingerprint density at radius 2 is 1.93 bits per heavy atom. The number of amides is 2. The van der Waals surface area contributed by atoms with E-state index in [1.165, 1.54) is 24.3 Å². The molecule has 1 aliphatic rings. The van der Waals surface area contributed by atoms with E-state index in [9.17, 15) is 14.4 Å². The normalized spacial score (nSPS) is 16.0. The third kappa shape index (κ3) is 3.26. The van der Waals surface area contributed by atoms with E-state index in [1.54, 1.807) is 6.07 Å². The number of rotatable bonds is 3. The van der Waals surface area contributed by atoms with Crippen LogP contribution in [0.15, 0.2) is 35.9 Å². The Bertz CT molecular complexity index is 1040. The highest BCUT2D eigenvalue weighted by Crippen LogP contribution is 2.24. The lowest BCUT2D eigenvalue weighted by Gasteiger charge is -2.29. The van der Waals surface area contributed by atoms with Gasteiger partial charge in [0.05, 0.1) is 11.3 Å². The summed E-state index contributed by atoms with van der Waals surface area (Å²) in [6.07, 6.45) is 1.52. The first-order chi connectivity index (χ1) is 12.7. The number of aromatic carboxylic acids is 1. The highest BCUT2D eigenvalue weighted by Gasteiger charge is 2.35. The molecule has 0 radical (unpaired) electrons. The number of thiocarbonyl (C=S) groups is 1. The van der Waals surface area contributed by atoms with Gasteiger partial charge in [0, 0.05) is 18.4 Å². The van der Waals surface area contributed by atoms with E-state index in [2.05, 4.69) is 5.32 Å². The van der Waals surface area contributed by atoms with Gasteiger partial charge in [0.2, 0.25) is 0 Å². The van der Waals surface area contributed by atoms with Crippen LogP contribution in [0.1, 0.15) is 27.3 Å². The second kappa shape index (κ2) is 6.81. The molecule has 3 rings (SSSR count).